The molecule has 0 atom stereocenters. The van der Waals surface area contributed by atoms with Crippen molar-refractivity contribution >= 4 is 5.69 Å². The Labute approximate surface area is 80.9 Å². The van der Waals surface area contributed by atoms with Crippen LogP contribution in [0.2, 0.25) is 0 Å². The van der Waals surface area contributed by atoms with Crippen LogP contribution in [-0.2, 0) is 11.4 Å². The molecule has 1 aromatic rings. The van der Waals surface area contributed by atoms with Gasteiger partial charge in [0.05, 0.1) is 5.69 Å². The molecule has 0 aliphatic rings. The van der Waals surface area contributed by atoms with E-state index in [-0.39, 0.29) is 0 Å². The van der Waals surface area contributed by atoms with Crippen molar-refractivity contribution in [3.8, 4) is 0 Å². The molecule has 0 unspecified atom stereocenters. The molecule has 1 aromatic carbocycles. The van der Waals surface area contributed by atoms with E-state index in [1.165, 1.54) is 0 Å². The van der Waals surface area contributed by atoms with Crippen LogP contribution >= 0.6 is 0 Å². The third-order valence-electron chi connectivity index (χ3n) is 1.73. The molecular weight excluding hydrogens is 186 g/mol. The van der Waals surface area contributed by atoms with Crippen LogP contribution in [0.3, 0.4) is 0 Å². The summed E-state index contributed by atoms with van der Waals surface area (Å²) in [5, 5.41) is 9.66. The summed E-state index contributed by atoms with van der Waals surface area (Å²) in [5.74, 6) is 5.29. The summed E-state index contributed by atoms with van der Waals surface area (Å²) >= 11 is 0. The molecule has 0 saturated carbocycles. The summed E-state index contributed by atoms with van der Waals surface area (Å²) < 4.78 is 0. The SMILES string of the molecule is CCc1cccc(N(N)O[N+](=O)[O-])c1. The van der Waals surface area contributed by atoms with Gasteiger partial charge in [0, 0.05) is 0 Å². The first-order valence-corrected chi connectivity index (χ1v) is 4.09. The number of anilines is 1. The second-order valence-corrected chi connectivity index (χ2v) is 2.65. The molecule has 0 fully saturated rings. The van der Waals surface area contributed by atoms with E-state index in [4.69, 9.17) is 5.84 Å². The van der Waals surface area contributed by atoms with E-state index in [2.05, 4.69) is 4.94 Å². The Morgan fingerprint density at radius 1 is 1.64 bits per heavy atom. The Bertz CT molecular complexity index is 329. The highest BCUT2D eigenvalue weighted by molar-refractivity contribution is 5.44. The van der Waals surface area contributed by atoms with E-state index in [1.54, 1.807) is 18.2 Å². The van der Waals surface area contributed by atoms with Crippen molar-refractivity contribution in [2.24, 2.45) is 5.84 Å². The lowest BCUT2D eigenvalue weighted by atomic mass is 10.1. The maximum absolute atomic E-state index is 10.00. The molecule has 0 radical (unpaired) electrons. The topological polar surface area (TPSA) is 81.6 Å². The van der Waals surface area contributed by atoms with Gasteiger partial charge in [-0.1, -0.05) is 19.1 Å². The van der Waals surface area contributed by atoms with E-state index in [0.29, 0.717) is 10.9 Å². The van der Waals surface area contributed by atoms with Crippen molar-refractivity contribution in [2.45, 2.75) is 13.3 Å². The number of nitrogens with two attached hydrogens (primary N) is 1. The third-order valence-corrected chi connectivity index (χ3v) is 1.73. The molecule has 76 valence electrons. The fourth-order valence-corrected chi connectivity index (χ4v) is 1.03. The molecule has 0 bridgehead atoms. The van der Waals surface area contributed by atoms with E-state index in [1.807, 2.05) is 13.0 Å². The number of hydrogen-bond acceptors (Lipinski definition) is 5. The number of hydrogen-bond donors (Lipinski definition) is 1. The minimum atomic E-state index is -0.960. The standard InChI is InChI=1S/C8H11N3O3/c1-2-7-4-3-5-8(6-7)10(9)14-11(12)13/h3-6H,2,9H2,1H3. The van der Waals surface area contributed by atoms with Crippen molar-refractivity contribution in [1.29, 1.82) is 0 Å². The first kappa shape index (κ1) is 10.3. The van der Waals surface area contributed by atoms with E-state index in [0.717, 1.165) is 12.0 Å². The third kappa shape index (κ3) is 2.60. The van der Waals surface area contributed by atoms with Crippen molar-refractivity contribution in [1.82, 2.24) is 0 Å². The lowest BCUT2D eigenvalue weighted by Crippen LogP contribution is -2.33. The van der Waals surface area contributed by atoms with Crippen LogP contribution in [0, 0.1) is 10.1 Å². The van der Waals surface area contributed by atoms with Gasteiger partial charge in [-0.25, -0.2) is 5.84 Å². The molecule has 0 saturated heterocycles. The number of hydrazine groups is 1. The van der Waals surface area contributed by atoms with Gasteiger partial charge in [-0.2, -0.15) is 4.94 Å². The second kappa shape index (κ2) is 4.43. The van der Waals surface area contributed by atoms with Gasteiger partial charge in [0.2, 0.25) is 0 Å². The normalized spacial score (nSPS) is 9.57. The summed E-state index contributed by atoms with van der Waals surface area (Å²) in [5.41, 5.74) is 1.48. The first-order valence-electron chi connectivity index (χ1n) is 4.09. The molecule has 14 heavy (non-hydrogen) atoms. The molecule has 0 aliphatic heterocycles. The lowest BCUT2D eigenvalue weighted by molar-refractivity contribution is -0.762. The highest BCUT2D eigenvalue weighted by atomic mass is 17.0. The molecule has 2 N–H and O–H groups in total. The average molecular weight is 197 g/mol. The maximum Gasteiger partial charge on any atom is 0.318 e. The van der Waals surface area contributed by atoms with Gasteiger partial charge in [0.25, 0.3) is 0 Å². The molecule has 0 aromatic heterocycles. The second-order valence-electron chi connectivity index (χ2n) is 2.65. The summed E-state index contributed by atoms with van der Waals surface area (Å²) in [6.45, 7) is 1.98. The number of rotatable bonds is 4. The van der Waals surface area contributed by atoms with Gasteiger partial charge >= 0.3 is 5.09 Å². The van der Waals surface area contributed by atoms with Crippen molar-refractivity contribution < 1.29 is 10.0 Å². The van der Waals surface area contributed by atoms with Crippen LogP contribution in [0.15, 0.2) is 24.3 Å². The zero-order chi connectivity index (χ0) is 10.6. The molecule has 0 heterocycles. The van der Waals surface area contributed by atoms with E-state index < -0.39 is 5.09 Å². The van der Waals surface area contributed by atoms with Crippen LogP contribution in [0.1, 0.15) is 12.5 Å². The smallest absolute Gasteiger partial charge is 0.223 e. The maximum atomic E-state index is 10.00. The first-order chi connectivity index (χ1) is 6.63. The Morgan fingerprint density at radius 2 is 2.36 bits per heavy atom. The summed E-state index contributed by atoms with van der Waals surface area (Å²) in [6, 6.07) is 7.02. The Hall–Kier alpha value is -1.82. The van der Waals surface area contributed by atoms with Crippen LogP contribution in [0.25, 0.3) is 0 Å². The number of nitrogens with zero attached hydrogens (tertiary/aromatic N) is 2. The summed E-state index contributed by atoms with van der Waals surface area (Å²) in [6.07, 6.45) is 0.833. The Morgan fingerprint density at radius 3 is 2.93 bits per heavy atom. The van der Waals surface area contributed by atoms with Gasteiger partial charge in [0.15, 0.2) is 0 Å². The highest BCUT2D eigenvalue weighted by Crippen LogP contribution is 2.13. The van der Waals surface area contributed by atoms with Crippen molar-refractivity contribution in [2.75, 3.05) is 5.17 Å². The van der Waals surface area contributed by atoms with Gasteiger partial charge in [-0.05, 0) is 24.1 Å². The monoisotopic (exact) mass is 197 g/mol. The van der Waals surface area contributed by atoms with Crippen LogP contribution in [-0.4, -0.2) is 5.09 Å². The molecule has 6 nitrogen and oxygen atoms in total. The number of aryl methyl sites for hydroxylation is 1. The molecular formula is C8H11N3O3. The largest absolute Gasteiger partial charge is 0.318 e. The number of benzene rings is 1. The van der Waals surface area contributed by atoms with Gasteiger partial charge in [-0.15, -0.1) is 15.3 Å². The van der Waals surface area contributed by atoms with Crippen LogP contribution in [0.5, 0.6) is 0 Å². The summed E-state index contributed by atoms with van der Waals surface area (Å²) in [4.78, 5) is 14.1. The Balaban J connectivity index is 2.78. The summed E-state index contributed by atoms with van der Waals surface area (Å²) in [7, 11) is 0. The highest BCUT2D eigenvalue weighted by Gasteiger charge is 2.05. The molecule has 6 heteroatoms. The minimum absolute atomic E-state index is 0.445. The average Bonchev–Trinajstić information content (AvgIpc) is 2.17. The Kier molecular flexibility index (Phi) is 3.24. The van der Waals surface area contributed by atoms with Crippen LogP contribution < -0.4 is 11.0 Å². The fraction of sp³-hybridized carbons (Fsp3) is 0.250. The van der Waals surface area contributed by atoms with Crippen LogP contribution in [0.4, 0.5) is 5.69 Å². The fourth-order valence-electron chi connectivity index (χ4n) is 1.03. The zero-order valence-electron chi connectivity index (χ0n) is 7.71. The van der Waals surface area contributed by atoms with Gasteiger partial charge in [-0.3, -0.25) is 0 Å². The minimum Gasteiger partial charge on any atom is -0.223 e. The predicted molar refractivity (Wildman–Crippen MR) is 50.6 cm³/mol. The predicted octanol–water partition coefficient (Wildman–Crippen LogP) is 1.05. The lowest BCUT2D eigenvalue weighted by Gasteiger charge is -2.14. The quantitative estimate of drug-likeness (QED) is 0.443. The molecule has 0 amide bonds. The molecule has 0 aliphatic carbocycles. The van der Waals surface area contributed by atoms with Crippen molar-refractivity contribution in [3.63, 3.8) is 0 Å². The molecule has 0 spiro atoms. The van der Waals surface area contributed by atoms with Crippen molar-refractivity contribution in [3.05, 3.63) is 39.9 Å². The zero-order valence-corrected chi connectivity index (χ0v) is 7.71. The van der Waals surface area contributed by atoms with E-state index in [9.17, 15) is 10.1 Å². The van der Waals surface area contributed by atoms with E-state index >= 15 is 0 Å². The van der Waals surface area contributed by atoms with Gasteiger partial charge < -0.3 is 0 Å². The molecule has 1 rings (SSSR count). The van der Waals surface area contributed by atoms with Gasteiger partial charge in [0.1, 0.15) is 0 Å².